The third-order valence-corrected chi connectivity index (χ3v) is 12.4. The van der Waals surface area contributed by atoms with E-state index >= 15 is 0 Å². The molecule has 0 saturated carbocycles. The Bertz CT molecular complexity index is 1150. The van der Waals surface area contributed by atoms with Crippen molar-refractivity contribution in [1.29, 1.82) is 0 Å². The van der Waals surface area contributed by atoms with Crippen LogP contribution < -0.4 is 16.8 Å². The average Bonchev–Trinajstić information content (AvgIpc) is 2.94. The lowest BCUT2D eigenvalue weighted by molar-refractivity contribution is -0.264. The Labute approximate surface area is 248 Å². The lowest BCUT2D eigenvalue weighted by atomic mass is 9.86. The van der Waals surface area contributed by atoms with Crippen molar-refractivity contribution in [3.8, 4) is 0 Å². The van der Waals surface area contributed by atoms with Crippen LogP contribution in [-0.4, -0.2) is 102 Å². The number of carbonyl (C=O) groups excluding carboxylic acids is 3. The second-order valence-electron chi connectivity index (χ2n) is 8.52. The number of nitrogens with two attached hydrogens (primary N) is 2. The monoisotopic (exact) mass is 682 g/mol. The van der Waals surface area contributed by atoms with Gasteiger partial charge in [-0.15, -0.1) is 30.5 Å². The van der Waals surface area contributed by atoms with E-state index in [0.29, 0.717) is 0 Å². The first-order valence-electron chi connectivity index (χ1n) is 11.9. The van der Waals surface area contributed by atoms with Crippen molar-refractivity contribution in [3.05, 3.63) is 11.3 Å². The van der Waals surface area contributed by atoms with Crippen molar-refractivity contribution in [3.63, 3.8) is 0 Å². The van der Waals surface area contributed by atoms with Crippen molar-refractivity contribution < 1.29 is 81.5 Å². The molecular formula is C19H32N4O17P2S. The maximum atomic E-state index is 13.3. The van der Waals surface area contributed by atoms with Gasteiger partial charge in [-0.25, -0.2) is 29.1 Å². The normalized spacial score (nSPS) is 20.8. The molecule has 0 aromatic carbocycles. The second kappa shape index (κ2) is 15.2. The van der Waals surface area contributed by atoms with Crippen LogP contribution in [0.3, 0.4) is 0 Å². The number of amides is 3. The molecule has 2 aliphatic heterocycles. The molecule has 2 heterocycles. The van der Waals surface area contributed by atoms with Crippen LogP contribution in [-0.2, 0) is 66.5 Å². The highest BCUT2D eigenvalue weighted by Crippen LogP contribution is 2.78. The summed E-state index contributed by atoms with van der Waals surface area (Å²) in [6.07, 6.45) is -2.12. The SMILES string of the molecule is COOP(=O)(OOC)C(O)(CCCCNC(=O)C1(N)C(=O)N2C(C(=O)O)=C(COC(N)=O)CS[C@H]21)P(=O)(OOC)OOC. The van der Waals surface area contributed by atoms with E-state index in [1.807, 2.05) is 0 Å². The van der Waals surface area contributed by atoms with E-state index in [1.165, 1.54) is 0 Å². The van der Waals surface area contributed by atoms with Crippen molar-refractivity contribution >= 4 is 50.8 Å². The van der Waals surface area contributed by atoms with Gasteiger partial charge in [0, 0.05) is 24.3 Å². The highest BCUT2D eigenvalue weighted by molar-refractivity contribution is 8.00. The van der Waals surface area contributed by atoms with Crippen LogP contribution in [0.2, 0.25) is 0 Å². The van der Waals surface area contributed by atoms with Crippen LogP contribution in [0, 0.1) is 0 Å². The third-order valence-electron chi connectivity index (χ3n) is 5.95. The van der Waals surface area contributed by atoms with Gasteiger partial charge in [-0.1, -0.05) is 0 Å². The molecule has 1 fully saturated rings. The van der Waals surface area contributed by atoms with Crippen molar-refractivity contribution in [2.75, 3.05) is 47.3 Å². The Morgan fingerprint density at radius 2 is 1.56 bits per heavy atom. The summed E-state index contributed by atoms with van der Waals surface area (Å²) in [7, 11) is -6.53. The first-order valence-corrected chi connectivity index (χ1v) is 16.0. The molecule has 7 N–H and O–H groups in total. The van der Waals surface area contributed by atoms with Gasteiger partial charge in [0.15, 0.2) is 0 Å². The number of unbranched alkanes of at least 4 members (excludes halogenated alkanes) is 1. The summed E-state index contributed by atoms with van der Waals surface area (Å²) in [4.78, 5) is 67.0. The van der Waals surface area contributed by atoms with Gasteiger partial charge in [0.2, 0.25) is 5.54 Å². The van der Waals surface area contributed by atoms with E-state index in [1.54, 1.807) is 0 Å². The smallest absolute Gasteiger partial charge is 0.428 e. The van der Waals surface area contributed by atoms with Gasteiger partial charge in [-0.2, -0.15) is 0 Å². The van der Waals surface area contributed by atoms with Crippen molar-refractivity contribution in [2.45, 2.75) is 35.3 Å². The zero-order valence-corrected chi connectivity index (χ0v) is 25.8. The average molecular weight is 682 g/mol. The Morgan fingerprint density at radius 3 is 2.00 bits per heavy atom. The number of carboxylic acid groups (broad SMARTS) is 1. The van der Waals surface area contributed by atoms with Gasteiger partial charge in [0.1, 0.15) is 17.7 Å². The number of carbonyl (C=O) groups is 4. The summed E-state index contributed by atoms with van der Waals surface area (Å²) >= 11 is 0.972. The molecule has 1 unspecified atom stereocenters. The minimum Gasteiger partial charge on any atom is -0.477 e. The molecule has 2 atom stereocenters. The van der Waals surface area contributed by atoms with E-state index in [2.05, 4.69) is 48.3 Å². The Hall–Kier alpha value is -2.17. The number of nitrogens with one attached hydrogen (secondary N) is 1. The molecule has 2 rings (SSSR count). The molecule has 0 aromatic heterocycles. The van der Waals surface area contributed by atoms with E-state index in [-0.39, 0.29) is 30.7 Å². The van der Waals surface area contributed by atoms with Crippen LogP contribution in [0.25, 0.3) is 0 Å². The molecule has 0 spiro atoms. The first-order chi connectivity index (χ1) is 20.1. The number of thioether (sulfide) groups is 1. The minimum atomic E-state index is -5.08. The topological polar surface area (TPSA) is 293 Å². The molecule has 0 aliphatic carbocycles. The van der Waals surface area contributed by atoms with Gasteiger partial charge >= 0.3 is 27.3 Å². The summed E-state index contributed by atoms with van der Waals surface area (Å²) in [5.41, 5.74) is 8.50. The summed E-state index contributed by atoms with van der Waals surface area (Å²) in [6.45, 7) is -0.675. The molecule has 0 radical (unpaired) electrons. The molecule has 24 heteroatoms. The highest BCUT2D eigenvalue weighted by atomic mass is 32.2. The maximum Gasteiger partial charge on any atom is 0.428 e. The molecule has 1 saturated heterocycles. The number of hydrogen-bond donors (Lipinski definition) is 5. The molecule has 246 valence electrons. The van der Waals surface area contributed by atoms with E-state index in [0.717, 1.165) is 45.1 Å². The fourth-order valence-corrected chi connectivity index (χ4v) is 9.22. The standard InChI is InChI=1S/C19H32N4O17P2S/c1-32-37-41(30,38-33-2)18(29,42(31,39-34-3)40-35-4)7-5-6-8-22-14(26)19(21)15(27)23-12(13(24)25)11(9-36-17(20)28)10-43-16(19)23/h16,29H,5-10,21H2,1-4H3,(H2,20,28)(H,22,26)(H,24,25)/t16-,19?/m0/s1. The van der Waals surface area contributed by atoms with Gasteiger partial charge in [0.25, 0.3) is 16.9 Å². The van der Waals surface area contributed by atoms with Gasteiger partial charge in [-0.05, 0) is 12.8 Å². The Balaban J connectivity index is 2.14. The maximum absolute atomic E-state index is 13.3. The molecule has 2 aliphatic rings. The number of nitrogens with zero attached hydrogens (tertiary/aromatic N) is 1. The lowest BCUT2D eigenvalue weighted by Gasteiger charge is -2.54. The summed E-state index contributed by atoms with van der Waals surface area (Å²) < 4.78 is 49.6. The molecule has 21 nitrogen and oxygen atoms in total. The number of carboxylic acids is 1. The van der Waals surface area contributed by atoms with E-state index in [4.69, 9.17) is 11.5 Å². The zero-order chi connectivity index (χ0) is 32.6. The van der Waals surface area contributed by atoms with Crippen LogP contribution >= 0.6 is 27.0 Å². The summed E-state index contributed by atoms with van der Waals surface area (Å²) in [6, 6.07) is 0. The number of primary amides is 1. The number of rotatable bonds is 19. The Morgan fingerprint density at radius 1 is 1.05 bits per heavy atom. The fourth-order valence-electron chi connectivity index (χ4n) is 4.04. The van der Waals surface area contributed by atoms with Gasteiger partial charge in [0.05, 0.1) is 28.4 Å². The minimum absolute atomic E-state index is 0.0331. The van der Waals surface area contributed by atoms with Gasteiger partial charge in [-0.3, -0.25) is 23.6 Å². The number of aliphatic hydroxyl groups is 1. The lowest BCUT2D eigenvalue weighted by Crippen LogP contribution is -2.82. The predicted molar refractivity (Wildman–Crippen MR) is 140 cm³/mol. The first kappa shape index (κ1) is 37.0. The quantitative estimate of drug-likeness (QED) is 0.0291. The van der Waals surface area contributed by atoms with Crippen LogP contribution in [0.4, 0.5) is 4.79 Å². The van der Waals surface area contributed by atoms with Crippen molar-refractivity contribution in [1.82, 2.24) is 10.2 Å². The van der Waals surface area contributed by atoms with Crippen LogP contribution in [0.5, 0.6) is 0 Å². The highest BCUT2D eigenvalue weighted by Gasteiger charge is 2.68. The number of ether oxygens (including phenoxy) is 1. The summed E-state index contributed by atoms with van der Waals surface area (Å²) in [5.74, 6) is -3.50. The van der Waals surface area contributed by atoms with E-state index in [9.17, 15) is 38.5 Å². The number of aliphatic carboxylic acids is 1. The van der Waals surface area contributed by atoms with E-state index < -0.39 is 73.8 Å². The van der Waals surface area contributed by atoms with Crippen LogP contribution in [0.1, 0.15) is 19.3 Å². The molecule has 0 aromatic rings. The van der Waals surface area contributed by atoms with Crippen LogP contribution in [0.15, 0.2) is 11.3 Å². The van der Waals surface area contributed by atoms with Gasteiger partial charge < -0.3 is 31.7 Å². The fraction of sp³-hybridized carbons (Fsp3) is 0.684. The largest absolute Gasteiger partial charge is 0.477 e. The zero-order valence-electron chi connectivity index (χ0n) is 23.2. The third kappa shape index (κ3) is 7.22. The molecule has 3 amide bonds. The molecular weight excluding hydrogens is 650 g/mol. The number of β-lactam (4-membered cyclic amide) rings is 1. The number of hydrogen-bond acceptors (Lipinski definition) is 18. The molecule has 0 bridgehead atoms. The summed E-state index contributed by atoms with van der Waals surface area (Å²) in [5, 5.41) is 19.1. The predicted octanol–water partition coefficient (Wildman–Crippen LogP) is -0.336. The number of fused-ring (bicyclic) bond motifs is 1. The second-order valence-corrected chi connectivity index (χ2v) is 14.0. The molecule has 43 heavy (non-hydrogen) atoms. The van der Waals surface area contributed by atoms with Crippen molar-refractivity contribution in [2.24, 2.45) is 11.5 Å². The Kier molecular flexibility index (Phi) is 13.1.